The Morgan fingerprint density at radius 1 is 0.467 bits per heavy atom. The van der Waals surface area contributed by atoms with Gasteiger partial charge in [-0.25, -0.2) is 0 Å². The maximum Gasteiger partial charge on any atom is 0.122 e. The van der Waals surface area contributed by atoms with E-state index in [9.17, 15) is 15.3 Å². The van der Waals surface area contributed by atoms with Crippen LogP contribution < -0.4 is 0 Å². The third-order valence-corrected chi connectivity index (χ3v) is 10.00. The highest BCUT2D eigenvalue weighted by Gasteiger charge is 2.28. The van der Waals surface area contributed by atoms with Gasteiger partial charge >= 0.3 is 0 Å². The van der Waals surface area contributed by atoms with Gasteiger partial charge in [0.25, 0.3) is 0 Å². The summed E-state index contributed by atoms with van der Waals surface area (Å²) >= 11 is 0. The molecule has 0 aromatic heterocycles. The summed E-state index contributed by atoms with van der Waals surface area (Å²) in [5.41, 5.74) is 13.0. The van der Waals surface area contributed by atoms with Crippen molar-refractivity contribution < 1.29 is 15.3 Å². The molecular formula is C39H57N3O3. The standard InChI is InChI=1S/C39H57N3O3/c1-22(2)31-13-25(7)34(28(10)37(31)43)16-40-19-41(17-35-26(8)14-32(23(3)4)38(44)29(35)11)21-42(20-40)18-36-27(9)15-33(24(5)6)39(45)30(36)12/h13-15,22-24,43-45H,16-21H2,1-12H3. The van der Waals surface area contributed by atoms with E-state index < -0.39 is 0 Å². The van der Waals surface area contributed by atoms with Crippen molar-refractivity contribution in [2.45, 2.75) is 120 Å². The fourth-order valence-electron chi connectivity index (χ4n) is 7.14. The van der Waals surface area contributed by atoms with Crippen LogP contribution in [0.1, 0.15) is 126 Å². The first-order valence-electron chi connectivity index (χ1n) is 16.6. The van der Waals surface area contributed by atoms with Crippen LogP contribution in [0, 0.1) is 41.5 Å². The summed E-state index contributed by atoms with van der Waals surface area (Å²) in [4.78, 5) is 7.36. The maximum absolute atomic E-state index is 11.1. The van der Waals surface area contributed by atoms with E-state index in [0.717, 1.165) is 73.0 Å². The Balaban J connectivity index is 1.71. The van der Waals surface area contributed by atoms with Crippen LogP contribution in [0.5, 0.6) is 17.2 Å². The Labute approximate surface area is 272 Å². The van der Waals surface area contributed by atoms with Gasteiger partial charge in [-0.05, 0) is 126 Å². The van der Waals surface area contributed by atoms with Crippen LogP contribution in [0.2, 0.25) is 0 Å². The molecule has 0 spiro atoms. The predicted molar refractivity (Wildman–Crippen MR) is 186 cm³/mol. The largest absolute Gasteiger partial charge is 0.507 e. The summed E-state index contributed by atoms with van der Waals surface area (Å²) in [5.74, 6) is 2.01. The summed E-state index contributed by atoms with van der Waals surface area (Å²) in [6.07, 6.45) is 0. The Kier molecular flexibility index (Phi) is 10.6. The maximum atomic E-state index is 11.1. The van der Waals surface area contributed by atoms with E-state index >= 15 is 0 Å². The fraction of sp³-hybridized carbons (Fsp3) is 0.538. The van der Waals surface area contributed by atoms with Gasteiger partial charge < -0.3 is 15.3 Å². The molecule has 246 valence electrons. The molecule has 0 radical (unpaired) electrons. The highest BCUT2D eigenvalue weighted by Crippen LogP contribution is 2.37. The van der Waals surface area contributed by atoms with E-state index in [1.54, 1.807) is 0 Å². The van der Waals surface area contributed by atoms with Crippen LogP contribution in [0.15, 0.2) is 18.2 Å². The molecule has 1 aliphatic rings. The van der Waals surface area contributed by atoms with E-state index in [0.29, 0.717) is 17.2 Å². The van der Waals surface area contributed by atoms with Crippen LogP contribution >= 0.6 is 0 Å². The second-order valence-electron chi connectivity index (χ2n) is 14.6. The van der Waals surface area contributed by atoms with Gasteiger partial charge in [0.15, 0.2) is 0 Å². The molecule has 6 heteroatoms. The molecule has 45 heavy (non-hydrogen) atoms. The summed E-state index contributed by atoms with van der Waals surface area (Å²) in [6.45, 7) is 29.8. The second-order valence-corrected chi connectivity index (χ2v) is 14.6. The lowest BCUT2D eigenvalue weighted by atomic mass is 9.92. The first-order chi connectivity index (χ1) is 21.0. The van der Waals surface area contributed by atoms with Crippen molar-refractivity contribution in [3.63, 3.8) is 0 Å². The smallest absolute Gasteiger partial charge is 0.122 e. The van der Waals surface area contributed by atoms with E-state index in [2.05, 4.69) is 95.2 Å². The molecule has 3 aromatic rings. The number of benzene rings is 3. The van der Waals surface area contributed by atoms with E-state index in [-0.39, 0.29) is 17.8 Å². The number of phenolic OH excluding ortho intramolecular Hbond substituents is 3. The van der Waals surface area contributed by atoms with Gasteiger partial charge in [-0.2, -0.15) is 0 Å². The van der Waals surface area contributed by atoms with Crippen LogP contribution in [-0.4, -0.2) is 50.0 Å². The number of nitrogens with zero attached hydrogens (tertiary/aromatic N) is 3. The zero-order chi connectivity index (χ0) is 33.5. The molecule has 1 saturated heterocycles. The van der Waals surface area contributed by atoms with Crippen molar-refractivity contribution in [3.05, 3.63) is 85.0 Å². The minimum atomic E-state index is 0.257. The van der Waals surface area contributed by atoms with Crippen molar-refractivity contribution >= 4 is 0 Å². The molecule has 3 aromatic carbocycles. The molecular weight excluding hydrogens is 558 g/mol. The molecule has 3 N–H and O–H groups in total. The summed E-state index contributed by atoms with van der Waals surface area (Å²) in [6, 6.07) is 6.46. The predicted octanol–water partition coefficient (Wildman–Crippen LogP) is 8.72. The Bertz CT molecular complexity index is 1370. The lowest BCUT2D eigenvalue weighted by molar-refractivity contribution is -0.0427. The molecule has 0 atom stereocenters. The zero-order valence-corrected chi connectivity index (χ0v) is 29.9. The molecule has 0 bridgehead atoms. The van der Waals surface area contributed by atoms with Crippen molar-refractivity contribution in [2.24, 2.45) is 0 Å². The third kappa shape index (κ3) is 7.19. The van der Waals surface area contributed by atoms with Crippen LogP contribution in [0.4, 0.5) is 0 Å². The van der Waals surface area contributed by atoms with Gasteiger partial charge in [0.1, 0.15) is 17.2 Å². The van der Waals surface area contributed by atoms with Gasteiger partial charge in [-0.1, -0.05) is 59.7 Å². The summed E-state index contributed by atoms with van der Waals surface area (Å²) < 4.78 is 0. The number of hydrogen-bond donors (Lipinski definition) is 3. The minimum absolute atomic E-state index is 0.257. The topological polar surface area (TPSA) is 70.4 Å². The minimum Gasteiger partial charge on any atom is -0.507 e. The van der Waals surface area contributed by atoms with Crippen molar-refractivity contribution in [3.8, 4) is 17.2 Å². The quantitative estimate of drug-likeness (QED) is 0.224. The Hall–Kier alpha value is -3.06. The Morgan fingerprint density at radius 2 is 0.689 bits per heavy atom. The van der Waals surface area contributed by atoms with Crippen LogP contribution in [0.25, 0.3) is 0 Å². The first-order valence-corrected chi connectivity index (χ1v) is 16.6. The zero-order valence-electron chi connectivity index (χ0n) is 29.9. The summed E-state index contributed by atoms with van der Waals surface area (Å²) in [5, 5.41) is 33.3. The number of rotatable bonds is 9. The normalized spacial score (nSPS) is 15.3. The molecule has 0 aliphatic carbocycles. The SMILES string of the molecule is Cc1cc(C(C)C)c(O)c(C)c1CN1CN(Cc2c(C)cc(C(C)C)c(O)c2C)CN(Cc2c(C)cc(C(C)C)c(O)c2C)C1. The summed E-state index contributed by atoms with van der Waals surface area (Å²) in [7, 11) is 0. The molecule has 1 fully saturated rings. The van der Waals surface area contributed by atoms with Crippen LogP contribution in [0.3, 0.4) is 0 Å². The highest BCUT2D eigenvalue weighted by molar-refractivity contribution is 5.52. The lowest BCUT2D eigenvalue weighted by Gasteiger charge is -2.43. The second kappa shape index (κ2) is 13.7. The van der Waals surface area contributed by atoms with Gasteiger partial charge in [0.2, 0.25) is 0 Å². The lowest BCUT2D eigenvalue weighted by Crippen LogP contribution is -2.54. The fourth-order valence-corrected chi connectivity index (χ4v) is 7.14. The van der Waals surface area contributed by atoms with Gasteiger partial charge in [-0.15, -0.1) is 0 Å². The monoisotopic (exact) mass is 615 g/mol. The van der Waals surface area contributed by atoms with Gasteiger partial charge in [0.05, 0.1) is 20.0 Å². The van der Waals surface area contributed by atoms with Gasteiger partial charge in [-0.3, -0.25) is 14.7 Å². The Morgan fingerprint density at radius 3 is 0.889 bits per heavy atom. The molecule has 0 amide bonds. The van der Waals surface area contributed by atoms with Crippen molar-refractivity contribution in [1.29, 1.82) is 0 Å². The molecule has 4 rings (SSSR count). The number of aryl methyl sites for hydroxylation is 3. The number of hydrogen-bond acceptors (Lipinski definition) is 6. The van der Waals surface area contributed by atoms with Gasteiger partial charge in [0, 0.05) is 19.6 Å². The number of phenols is 3. The van der Waals surface area contributed by atoms with E-state index in [4.69, 9.17) is 0 Å². The first kappa shape index (κ1) is 34.8. The molecule has 0 unspecified atom stereocenters. The van der Waals surface area contributed by atoms with E-state index in [1.165, 1.54) is 33.4 Å². The van der Waals surface area contributed by atoms with Crippen molar-refractivity contribution in [1.82, 2.24) is 14.7 Å². The molecule has 6 nitrogen and oxygen atoms in total. The average molecular weight is 616 g/mol. The van der Waals surface area contributed by atoms with Crippen molar-refractivity contribution in [2.75, 3.05) is 20.0 Å². The molecule has 1 aliphatic heterocycles. The molecule has 1 heterocycles. The third-order valence-electron chi connectivity index (χ3n) is 10.00. The highest BCUT2D eigenvalue weighted by atomic mass is 16.3. The van der Waals surface area contributed by atoms with E-state index in [1.807, 2.05) is 20.8 Å². The van der Waals surface area contributed by atoms with Crippen LogP contribution in [-0.2, 0) is 19.6 Å². The average Bonchev–Trinajstić information content (AvgIpc) is 2.96. The molecule has 0 saturated carbocycles. The number of aromatic hydroxyl groups is 3.